The van der Waals surface area contributed by atoms with Crippen LogP contribution < -0.4 is 20.9 Å². The van der Waals surface area contributed by atoms with Crippen molar-refractivity contribution in [2.45, 2.75) is 62.4 Å². The lowest BCUT2D eigenvalue weighted by Crippen LogP contribution is -2.42. The van der Waals surface area contributed by atoms with E-state index in [9.17, 15) is 19.8 Å². The Morgan fingerprint density at radius 2 is 1.62 bits per heavy atom. The molecule has 0 radical (unpaired) electrons. The molecule has 5 aromatic rings. The second-order valence-electron chi connectivity index (χ2n) is 12.9. The number of nitrogens with one attached hydrogen (secondary N) is 3. The maximum Gasteiger partial charge on any atom is 0.270 e. The van der Waals surface area contributed by atoms with Crippen LogP contribution in [0.5, 0.6) is 0 Å². The number of anilines is 2. The fourth-order valence-electron chi connectivity index (χ4n) is 6.96. The van der Waals surface area contributed by atoms with Crippen LogP contribution in [0.3, 0.4) is 0 Å². The highest BCUT2D eigenvalue weighted by Crippen LogP contribution is 2.35. The van der Waals surface area contributed by atoms with Crippen LogP contribution in [0.2, 0.25) is 0 Å². The summed E-state index contributed by atoms with van der Waals surface area (Å²) < 4.78 is 1.78. The first kappa shape index (κ1) is 33.1. The summed E-state index contributed by atoms with van der Waals surface area (Å²) in [5.41, 5.74) is 3.67. The summed E-state index contributed by atoms with van der Waals surface area (Å²) in [4.78, 5) is 45.9. The maximum absolute atomic E-state index is 12.9. The van der Waals surface area contributed by atoms with Gasteiger partial charge in [0.2, 0.25) is 11.9 Å². The number of hydrogen-bond donors (Lipinski definition) is 5. The van der Waals surface area contributed by atoms with Gasteiger partial charge in [-0.1, -0.05) is 73.7 Å². The van der Waals surface area contributed by atoms with E-state index in [-0.39, 0.29) is 30.2 Å². The number of benzene rings is 2. The minimum Gasteiger partial charge on any atom is -0.388 e. The molecule has 13 nitrogen and oxygen atoms in total. The third-order valence-electron chi connectivity index (χ3n) is 9.67. The Hall–Kier alpha value is -5.40. The van der Waals surface area contributed by atoms with Gasteiger partial charge >= 0.3 is 0 Å². The van der Waals surface area contributed by atoms with E-state index in [0.29, 0.717) is 61.1 Å². The normalized spacial score (nSPS) is 21.8. The molecule has 0 bridgehead atoms. The number of aromatic nitrogens is 5. The second kappa shape index (κ2) is 14.6. The Bertz CT molecular complexity index is 1890. The Morgan fingerprint density at radius 3 is 2.30 bits per heavy atom. The van der Waals surface area contributed by atoms with Gasteiger partial charge < -0.3 is 35.6 Å². The lowest BCUT2D eigenvalue weighted by Gasteiger charge is -2.22. The first-order valence-corrected chi connectivity index (χ1v) is 17.1. The highest BCUT2D eigenvalue weighted by molar-refractivity contribution is 5.92. The molecule has 1 saturated heterocycles. The molecule has 5 N–H and O–H groups in total. The minimum absolute atomic E-state index is 0.0145. The van der Waals surface area contributed by atoms with Gasteiger partial charge in [-0.2, -0.15) is 9.97 Å². The fourth-order valence-corrected chi connectivity index (χ4v) is 6.96. The maximum atomic E-state index is 12.9. The Morgan fingerprint density at radius 1 is 0.900 bits per heavy atom. The van der Waals surface area contributed by atoms with E-state index in [1.165, 1.54) is 0 Å². The molecule has 7 rings (SSSR count). The monoisotopic (exact) mass is 675 g/mol. The van der Waals surface area contributed by atoms with Crippen LogP contribution in [0.25, 0.3) is 11.2 Å². The topological polar surface area (TPSA) is 170 Å². The molecule has 0 spiro atoms. The SMILES string of the molecule is CCC(=O)N[C@H]1C[C@@H](n2cnc3c(NCC(c4ccccc4)c4ccccc4)nc(N4CC[C@@H](NC(=O)c5ccccn5)C4)nc32)[C@H](O)[C@@H]1O. The Balaban J connectivity index is 1.21. The van der Waals surface area contributed by atoms with Gasteiger partial charge in [-0.05, 0) is 36.1 Å². The number of aliphatic hydroxyl groups excluding tert-OH is 2. The lowest BCUT2D eigenvalue weighted by molar-refractivity contribution is -0.122. The summed E-state index contributed by atoms with van der Waals surface area (Å²) in [5, 5.41) is 31.6. The highest BCUT2D eigenvalue weighted by Gasteiger charge is 2.44. The molecule has 2 aliphatic rings. The number of imidazole rings is 1. The van der Waals surface area contributed by atoms with Crippen molar-refractivity contribution in [2.24, 2.45) is 0 Å². The van der Waals surface area contributed by atoms with Gasteiger partial charge in [0.15, 0.2) is 17.0 Å². The van der Waals surface area contributed by atoms with E-state index in [4.69, 9.17) is 15.0 Å². The van der Waals surface area contributed by atoms with E-state index in [2.05, 4.69) is 45.2 Å². The van der Waals surface area contributed by atoms with Gasteiger partial charge in [0.25, 0.3) is 5.91 Å². The predicted molar refractivity (Wildman–Crippen MR) is 189 cm³/mol. The minimum atomic E-state index is -1.15. The van der Waals surface area contributed by atoms with Crippen molar-refractivity contribution >= 4 is 34.7 Å². The average molecular weight is 676 g/mol. The molecule has 1 aliphatic heterocycles. The van der Waals surface area contributed by atoms with Crippen molar-refractivity contribution in [3.8, 4) is 0 Å². The van der Waals surface area contributed by atoms with E-state index in [0.717, 1.165) is 11.1 Å². The predicted octanol–water partition coefficient (Wildman–Crippen LogP) is 3.04. The van der Waals surface area contributed by atoms with E-state index in [1.54, 1.807) is 42.2 Å². The van der Waals surface area contributed by atoms with Crippen LogP contribution >= 0.6 is 0 Å². The molecular weight excluding hydrogens is 634 g/mol. The number of fused-ring (bicyclic) bond motifs is 1. The highest BCUT2D eigenvalue weighted by atomic mass is 16.3. The van der Waals surface area contributed by atoms with E-state index < -0.39 is 24.3 Å². The molecule has 0 unspecified atom stereocenters. The van der Waals surface area contributed by atoms with Crippen LogP contribution in [0.1, 0.15) is 59.8 Å². The van der Waals surface area contributed by atoms with Crippen molar-refractivity contribution in [1.29, 1.82) is 0 Å². The Labute approximate surface area is 289 Å². The van der Waals surface area contributed by atoms with Gasteiger partial charge in [-0.25, -0.2) is 4.98 Å². The quantitative estimate of drug-likeness (QED) is 0.140. The average Bonchev–Trinajstić information content (AvgIpc) is 3.87. The zero-order valence-corrected chi connectivity index (χ0v) is 27.8. The molecule has 1 aliphatic carbocycles. The summed E-state index contributed by atoms with van der Waals surface area (Å²) in [6, 6.07) is 24.5. The Kier molecular flexibility index (Phi) is 9.67. The summed E-state index contributed by atoms with van der Waals surface area (Å²) in [6.45, 7) is 3.36. The zero-order valence-electron chi connectivity index (χ0n) is 27.8. The number of rotatable bonds is 11. The van der Waals surface area contributed by atoms with Crippen LogP contribution in [0.4, 0.5) is 11.8 Å². The standard InChI is InChI=1S/C37H41N9O4/c1-2-30(47)42-28-19-29(33(49)32(28)48)46-22-40-31-34(39-20-26(23-11-5-3-6-12-23)24-13-7-4-8-14-24)43-37(44-35(31)46)45-18-16-25(21-45)41-36(50)27-15-9-10-17-38-27/h3-15,17,22,25-26,28-29,32-33,48-49H,2,16,18-21H2,1H3,(H,41,50)(H,42,47)(H,39,43,44)/t25-,28+,29-,32-,33+/m1/s1. The number of amides is 2. The van der Waals surface area contributed by atoms with Crippen molar-refractivity contribution in [1.82, 2.24) is 35.1 Å². The summed E-state index contributed by atoms with van der Waals surface area (Å²) in [5.74, 6) is 0.571. The molecule has 1 saturated carbocycles. The third-order valence-corrected chi connectivity index (χ3v) is 9.67. The number of hydrogen-bond acceptors (Lipinski definition) is 10. The number of aliphatic hydroxyl groups is 2. The molecule has 258 valence electrons. The molecule has 5 atom stereocenters. The molecular formula is C37H41N9O4. The number of nitrogens with zero attached hydrogens (tertiary/aromatic N) is 6. The summed E-state index contributed by atoms with van der Waals surface area (Å²) in [6.07, 6.45) is 2.18. The van der Waals surface area contributed by atoms with Crippen molar-refractivity contribution in [2.75, 3.05) is 29.9 Å². The number of pyridine rings is 1. The van der Waals surface area contributed by atoms with E-state index >= 15 is 0 Å². The first-order valence-electron chi connectivity index (χ1n) is 17.1. The smallest absolute Gasteiger partial charge is 0.270 e. The third kappa shape index (κ3) is 6.87. The second-order valence-corrected chi connectivity index (χ2v) is 12.9. The largest absolute Gasteiger partial charge is 0.388 e. The number of carbonyl (C=O) groups excluding carboxylic acids is 2. The van der Waals surface area contributed by atoms with Gasteiger partial charge in [0, 0.05) is 44.2 Å². The van der Waals surface area contributed by atoms with Gasteiger partial charge in [-0.3, -0.25) is 14.6 Å². The number of carbonyl (C=O) groups is 2. The molecule has 2 amide bonds. The van der Waals surface area contributed by atoms with Crippen LogP contribution in [-0.4, -0.2) is 90.5 Å². The lowest BCUT2D eigenvalue weighted by atomic mass is 9.91. The van der Waals surface area contributed by atoms with Gasteiger partial charge in [0.1, 0.15) is 17.9 Å². The van der Waals surface area contributed by atoms with Crippen LogP contribution in [0, 0.1) is 0 Å². The van der Waals surface area contributed by atoms with Gasteiger partial charge in [0.05, 0.1) is 18.4 Å². The van der Waals surface area contributed by atoms with Gasteiger partial charge in [-0.15, -0.1) is 0 Å². The van der Waals surface area contributed by atoms with Crippen molar-refractivity contribution in [3.05, 3.63) is 108 Å². The molecule has 50 heavy (non-hydrogen) atoms. The van der Waals surface area contributed by atoms with Crippen molar-refractivity contribution < 1.29 is 19.8 Å². The van der Waals surface area contributed by atoms with E-state index in [1.807, 2.05) is 41.3 Å². The first-order chi connectivity index (χ1) is 24.4. The fraction of sp³-hybridized carbons (Fsp3) is 0.351. The van der Waals surface area contributed by atoms with Crippen LogP contribution in [-0.2, 0) is 4.79 Å². The molecule has 13 heteroatoms. The molecule has 3 aromatic heterocycles. The molecule has 2 fully saturated rings. The van der Waals surface area contributed by atoms with Crippen LogP contribution in [0.15, 0.2) is 91.4 Å². The summed E-state index contributed by atoms with van der Waals surface area (Å²) in [7, 11) is 0. The molecule has 4 heterocycles. The van der Waals surface area contributed by atoms with Crippen molar-refractivity contribution in [3.63, 3.8) is 0 Å². The zero-order chi connectivity index (χ0) is 34.6. The summed E-state index contributed by atoms with van der Waals surface area (Å²) >= 11 is 0. The molecule has 2 aromatic carbocycles.